The summed E-state index contributed by atoms with van der Waals surface area (Å²) in [7, 11) is 3.96. The van der Waals surface area contributed by atoms with Gasteiger partial charge in [0.1, 0.15) is 0 Å². The lowest BCUT2D eigenvalue weighted by Crippen LogP contribution is -2.41. The summed E-state index contributed by atoms with van der Waals surface area (Å²) in [6.07, 6.45) is 2.66. The molecule has 0 aliphatic carbocycles. The zero-order chi connectivity index (χ0) is 6.97. The Labute approximate surface area is 62.6 Å². The maximum Gasteiger partial charge on any atom is 0.0118 e. The van der Waals surface area contributed by atoms with E-state index in [-0.39, 0.29) is 0 Å². The zero-order valence-electron chi connectivity index (χ0n) is 6.34. The first-order chi connectivity index (χ1) is 4.86. The zero-order valence-corrected chi connectivity index (χ0v) is 6.34. The van der Waals surface area contributed by atoms with Crippen molar-refractivity contribution >= 4 is 0 Å². The fourth-order valence-electron chi connectivity index (χ4n) is 2.12. The Morgan fingerprint density at radius 1 is 1.40 bits per heavy atom. The summed E-state index contributed by atoms with van der Waals surface area (Å²) in [5, 5.41) is 3.52. The lowest BCUT2D eigenvalue weighted by molar-refractivity contribution is 0.214. The van der Waals surface area contributed by atoms with Crippen molar-refractivity contribution < 1.29 is 0 Å². The molecule has 0 bridgehead atoms. The van der Waals surface area contributed by atoms with Crippen molar-refractivity contribution in [1.82, 2.24) is 10.2 Å². The molecule has 0 aromatic rings. The third-order valence-electron chi connectivity index (χ3n) is 2.74. The van der Waals surface area contributed by atoms with Gasteiger partial charge in [-0.3, -0.25) is 7.05 Å². The molecule has 2 nitrogen and oxygen atoms in total. The number of fused-ring (bicyclic) bond motifs is 1. The Morgan fingerprint density at radius 3 is 3.20 bits per heavy atom. The number of nitrogens with one attached hydrogen (secondary N) is 1. The van der Waals surface area contributed by atoms with Gasteiger partial charge >= 0.3 is 0 Å². The van der Waals surface area contributed by atoms with Crippen molar-refractivity contribution in [3.05, 3.63) is 7.05 Å². The highest BCUT2D eigenvalue weighted by Crippen LogP contribution is 2.23. The van der Waals surface area contributed by atoms with Crippen LogP contribution in [-0.2, 0) is 0 Å². The van der Waals surface area contributed by atoms with E-state index >= 15 is 0 Å². The quantitative estimate of drug-likeness (QED) is 0.490. The van der Waals surface area contributed by atoms with E-state index in [9.17, 15) is 0 Å². The van der Waals surface area contributed by atoms with Crippen molar-refractivity contribution in [1.29, 1.82) is 0 Å². The number of nitrogens with zero attached hydrogens (tertiary/aromatic N) is 1. The molecular weight excluding hydrogens is 124 g/mol. The normalized spacial score (nSPS) is 41.7. The van der Waals surface area contributed by atoms with Crippen LogP contribution in [0.4, 0.5) is 0 Å². The van der Waals surface area contributed by atoms with Crippen molar-refractivity contribution in [2.75, 3.05) is 19.6 Å². The Bertz CT molecular complexity index is 124. The Hall–Kier alpha value is -0.0800. The average molecular weight is 139 g/mol. The Morgan fingerprint density at radius 2 is 2.30 bits per heavy atom. The van der Waals surface area contributed by atoms with Crippen LogP contribution in [0.3, 0.4) is 0 Å². The van der Waals surface area contributed by atoms with E-state index < -0.39 is 0 Å². The molecule has 2 heteroatoms. The van der Waals surface area contributed by atoms with Crippen LogP contribution in [0.15, 0.2) is 0 Å². The van der Waals surface area contributed by atoms with Crippen LogP contribution >= 0.6 is 0 Å². The molecule has 0 aromatic heterocycles. The highest BCUT2D eigenvalue weighted by atomic mass is 15.1. The summed E-state index contributed by atoms with van der Waals surface area (Å²) in [6.45, 7) is 3.61. The number of hydrogen-bond acceptors (Lipinski definition) is 2. The van der Waals surface area contributed by atoms with Gasteiger partial charge in [0.25, 0.3) is 0 Å². The first kappa shape index (κ1) is 6.62. The maximum atomic E-state index is 3.96. The molecule has 2 rings (SSSR count). The molecule has 0 aromatic carbocycles. The van der Waals surface area contributed by atoms with Gasteiger partial charge in [0, 0.05) is 6.04 Å². The van der Waals surface area contributed by atoms with E-state index in [4.69, 9.17) is 0 Å². The van der Waals surface area contributed by atoms with Gasteiger partial charge in [-0.2, -0.15) is 0 Å². The van der Waals surface area contributed by atoms with Crippen molar-refractivity contribution in [3.8, 4) is 0 Å². The van der Waals surface area contributed by atoms with Gasteiger partial charge in [0.2, 0.25) is 0 Å². The van der Waals surface area contributed by atoms with Gasteiger partial charge < -0.3 is 10.2 Å². The van der Waals surface area contributed by atoms with Crippen LogP contribution in [0.5, 0.6) is 0 Å². The maximum absolute atomic E-state index is 3.96. The van der Waals surface area contributed by atoms with Gasteiger partial charge in [-0.25, -0.2) is 0 Å². The summed E-state index contributed by atoms with van der Waals surface area (Å²) < 4.78 is 0. The summed E-state index contributed by atoms with van der Waals surface area (Å²) in [5.41, 5.74) is 0. The molecule has 2 heterocycles. The molecule has 0 saturated carbocycles. The van der Waals surface area contributed by atoms with E-state index in [1.165, 1.54) is 32.5 Å². The summed E-state index contributed by atoms with van der Waals surface area (Å²) >= 11 is 0. The predicted molar refractivity (Wildman–Crippen MR) is 41.4 cm³/mol. The number of rotatable bonds is 0. The first-order valence-corrected chi connectivity index (χ1v) is 4.15. The second-order valence-corrected chi connectivity index (χ2v) is 3.48. The average Bonchev–Trinajstić information content (AvgIpc) is 2.33. The minimum atomic E-state index is 0.818. The second-order valence-electron chi connectivity index (χ2n) is 3.48. The van der Waals surface area contributed by atoms with Crippen molar-refractivity contribution in [3.63, 3.8) is 0 Å². The minimum absolute atomic E-state index is 0.818. The van der Waals surface area contributed by atoms with Gasteiger partial charge in [0.05, 0.1) is 0 Å². The SMILES string of the molecule is [CH2-]N1CC[C@@H]2NCC[C@@H]2C1. The van der Waals surface area contributed by atoms with Crippen LogP contribution in [0.2, 0.25) is 0 Å². The highest BCUT2D eigenvalue weighted by Gasteiger charge is 2.29. The second kappa shape index (κ2) is 2.51. The molecule has 2 aliphatic heterocycles. The van der Waals surface area contributed by atoms with Crippen LogP contribution in [0.25, 0.3) is 0 Å². The summed E-state index contributed by atoms with van der Waals surface area (Å²) in [5.74, 6) is 0.895. The van der Waals surface area contributed by atoms with Crippen molar-refractivity contribution in [2.45, 2.75) is 18.9 Å². The molecule has 2 fully saturated rings. The third kappa shape index (κ3) is 1.06. The fourth-order valence-corrected chi connectivity index (χ4v) is 2.12. The molecule has 2 atom stereocenters. The van der Waals surface area contributed by atoms with Crippen LogP contribution < -0.4 is 5.32 Å². The molecule has 0 amide bonds. The van der Waals surface area contributed by atoms with Crippen molar-refractivity contribution in [2.24, 2.45) is 5.92 Å². The van der Waals surface area contributed by atoms with Gasteiger partial charge in [-0.05, 0) is 38.4 Å². The van der Waals surface area contributed by atoms with Crippen LogP contribution in [0.1, 0.15) is 12.8 Å². The van der Waals surface area contributed by atoms with Gasteiger partial charge in [0.15, 0.2) is 0 Å². The molecule has 2 saturated heterocycles. The fraction of sp³-hybridized carbons (Fsp3) is 0.875. The minimum Gasteiger partial charge on any atom is -0.459 e. The molecule has 10 heavy (non-hydrogen) atoms. The van der Waals surface area contributed by atoms with E-state index in [0.717, 1.165) is 12.0 Å². The molecule has 0 unspecified atom stereocenters. The molecule has 1 N–H and O–H groups in total. The Balaban J connectivity index is 1.96. The van der Waals surface area contributed by atoms with E-state index in [2.05, 4.69) is 17.3 Å². The number of likely N-dealkylation sites (tertiary alicyclic amines) is 1. The molecule has 2 aliphatic rings. The van der Waals surface area contributed by atoms with Crippen LogP contribution in [-0.4, -0.2) is 30.6 Å². The van der Waals surface area contributed by atoms with E-state index in [1.807, 2.05) is 0 Å². The molecule has 0 spiro atoms. The Kier molecular flexibility index (Phi) is 1.66. The highest BCUT2D eigenvalue weighted by molar-refractivity contribution is 4.89. The third-order valence-corrected chi connectivity index (χ3v) is 2.74. The monoisotopic (exact) mass is 139 g/mol. The van der Waals surface area contributed by atoms with Gasteiger partial charge in [-0.15, -0.1) is 0 Å². The first-order valence-electron chi connectivity index (χ1n) is 4.15. The lowest BCUT2D eigenvalue weighted by atomic mass is 9.94. The van der Waals surface area contributed by atoms with Crippen LogP contribution in [0, 0.1) is 13.0 Å². The smallest absolute Gasteiger partial charge is 0.0118 e. The molecule has 0 radical (unpaired) electrons. The number of piperidine rings is 1. The number of hydrogen-bond donors (Lipinski definition) is 1. The standard InChI is InChI=1S/C8H15N2/c1-10-5-3-8-7(6-10)2-4-9-8/h7-9H,1-6H2/q-1/t7-,8+/m1/s1. The predicted octanol–water partition coefficient (Wildman–Crippen LogP) is 0.462. The molecule has 58 valence electrons. The molecular formula is C8H15N2-. The summed E-state index contributed by atoms with van der Waals surface area (Å²) in [4.78, 5) is 2.20. The van der Waals surface area contributed by atoms with E-state index in [0.29, 0.717) is 0 Å². The lowest BCUT2D eigenvalue weighted by Gasteiger charge is -2.37. The van der Waals surface area contributed by atoms with E-state index in [1.54, 1.807) is 0 Å². The topological polar surface area (TPSA) is 15.3 Å². The largest absolute Gasteiger partial charge is 0.459 e. The summed E-state index contributed by atoms with van der Waals surface area (Å²) in [6, 6.07) is 0.818. The van der Waals surface area contributed by atoms with Gasteiger partial charge in [-0.1, -0.05) is 0 Å².